The number of ether oxygens (including phenoxy) is 3. The van der Waals surface area contributed by atoms with E-state index in [0.717, 1.165) is 96.3 Å². The van der Waals surface area contributed by atoms with Crippen LogP contribution in [-0.4, -0.2) is 37.2 Å². The fraction of sp³-hybridized carbons (Fsp3) is 0.797. The smallest absolute Gasteiger partial charge is 0.306 e. The van der Waals surface area contributed by atoms with Crippen LogP contribution in [0.2, 0.25) is 0 Å². The molecule has 0 aromatic carbocycles. The highest BCUT2D eigenvalue weighted by atomic mass is 16.6. The van der Waals surface area contributed by atoms with Crippen LogP contribution < -0.4 is 0 Å². The Morgan fingerprint density at radius 3 is 0.886 bits per heavy atom. The van der Waals surface area contributed by atoms with Crippen molar-refractivity contribution in [2.24, 2.45) is 0 Å². The van der Waals surface area contributed by atoms with E-state index in [2.05, 4.69) is 81.5 Å². The van der Waals surface area contributed by atoms with Gasteiger partial charge < -0.3 is 14.2 Å². The number of allylic oxidation sites excluding steroid dienone is 10. The van der Waals surface area contributed by atoms with Gasteiger partial charge in [0.15, 0.2) is 6.10 Å². The van der Waals surface area contributed by atoms with Crippen LogP contribution in [0.25, 0.3) is 0 Å². The molecule has 1 unspecified atom stereocenters. The Balaban J connectivity index is 4.07. The van der Waals surface area contributed by atoms with Crippen LogP contribution in [0.5, 0.6) is 0 Å². The van der Waals surface area contributed by atoms with E-state index < -0.39 is 6.10 Å². The van der Waals surface area contributed by atoms with Gasteiger partial charge in [0.1, 0.15) is 13.2 Å². The maximum absolute atomic E-state index is 12.8. The van der Waals surface area contributed by atoms with Gasteiger partial charge in [-0.1, -0.05) is 268 Å². The molecule has 0 aromatic rings. The molecule has 0 saturated heterocycles. The van der Waals surface area contributed by atoms with Gasteiger partial charge in [-0.3, -0.25) is 14.4 Å². The molecule has 0 rings (SSSR count). The lowest BCUT2D eigenvalue weighted by atomic mass is 10.0. The first-order valence-electron chi connectivity index (χ1n) is 30.3. The molecule has 70 heavy (non-hydrogen) atoms. The molecule has 0 aliphatic rings. The number of esters is 3. The average Bonchev–Trinajstić information content (AvgIpc) is 3.36. The molecular weight excluding hydrogens is 865 g/mol. The molecule has 0 spiro atoms. The first kappa shape index (κ1) is 67.1. The zero-order chi connectivity index (χ0) is 50.7. The van der Waals surface area contributed by atoms with Crippen LogP contribution in [0.15, 0.2) is 60.8 Å². The van der Waals surface area contributed by atoms with Gasteiger partial charge >= 0.3 is 17.9 Å². The standard InChI is InChI=1S/C64H114O6/c1-4-7-10-13-16-18-20-22-24-26-28-29-30-31-32-33-34-35-37-38-40-42-44-46-48-51-54-57-63(66)69-60-61(59-68-62(65)56-53-50-15-12-9-6-3)70-64(67)58-55-52-49-47-45-43-41-39-36-27-25-23-21-19-17-14-11-8-5-2/h8,11,17,19,23,25-26,28,36,39,61H,4-7,9-10,12-16,18,20-22,24,27,29-35,37-38,40-60H2,1-3H3/b11-8-,19-17-,25-23-,28-26-,39-36-. The van der Waals surface area contributed by atoms with E-state index in [1.165, 1.54) is 173 Å². The lowest BCUT2D eigenvalue weighted by Crippen LogP contribution is -2.30. The molecule has 0 aliphatic heterocycles. The van der Waals surface area contributed by atoms with E-state index in [4.69, 9.17) is 14.2 Å². The van der Waals surface area contributed by atoms with Gasteiger partial charge in [-0.15, -0.1) is 0 Å². The van der Waals surface area contributed by atoms with Crippen LogP contribution in [-0.2, 0) is 28.6 Å². The Kier molecular flexibility index (Phi) is 56.3. The lowest BCUT2D eigenvalue weighted by Gasteiger charge is -2.18. The van der Waals surface area contributed by atoms with Gasteiger partial charge in [0.2, 0.25) is 0 Å². The highest BCUT2D eigenvalue weighted by Gasteiger charge is 2.19. The minimum Gasteiger partial charge on any atom is -0.462 e. The summed E-state index contributed by atoms with van der Waals surface area (Å²) in [4.78, 5) is 37.9. The molecule has 0 bridgehead atoms. The molecule has 6 heteroatoms. The second-order valence-corrected chi connectivity index (χ2v) is 20.2. The number of carbonyl (C=O) groups excluding carboxylic acids is 3. The zero-order valence-corrected chi connectivity index (χ0v) is 46.5. The number of hydrogen-bond donors (Lipinski definition) is 0. The molecule has 0 radical (unpaired) electrons. The van der Waals surface area contributed by atoms with Crippen molar-refractivity contribution in [1.29, 1.82) is 0 Å². The minimum atomic E-state index is -0.778. The van der Waals surface area contributed by atoms with Crippen molar-refractivity contribution in [3.05, 3.63) is 60.8 Å². The Labute approximate surface area is 434 Å². The number of hydrogen-bond acceptors (Lipinski definition) is 6. The van der Waals surface area contributed by atoms with Gasteiger partial charge in [-0.2, -0.15) is 0 Å². The van der Waals surface area contributed by atoms with Crippen molar-refractivity contribution < 1.29 is 28.6 Å². The summed E-state index contributed by atoms with van der Waals surface area (Å²) in [5.41, 5.74) is 0. The van der Waals surface area contributed by atoms with E-state index in [1.54, 1.807) is 0 Å². The normalized spacial score (nSPS) is 12.4. The van der Waals surface area contributed by atoms with E-state index in [-0.39, 0.29) is 31.1 Å². The molecule has 0 saturated carbocycles. The SMILES string of the molecule is CC/C=C\C/C=C\C/C=C\C/C=C\CCCCCCCCC(=O)OC(COC(=O)CCCCCCCC)COC(=O)CCCCCCCCCCCCCCCCC/C=C\CCCCCCCCCC. The third-order valence-corrected chi connectivity index (χ3v) is 13.3. The van der Waals surface area contributed by atoms with E-state index >= 15 is 0 Å². The second-order valence-electron chi connectivity index (χ2n) is 20.2. The van der Waals surface area contributed by atoms with E-state index in [0.29, 0.717) is 19.3 Å². The lowest BCUT2D eigenvalue weighted by molar-refractivity contribution is -0.167. The second kappa shape index (κ2) is 58.7. The minimum absolute atomic E-state index is 0.0779. The topological polar surface area (TPSA) is 78.9 Å². The summed E-state index contributed by atoms with van der Waals surface area (Å²) in [6.07, 6.45) is 74.0. The molecule has 6 nitrogen and oxygen atoms in total. The van der Waals surface area contributed by atoms with Crippen LogP contribution in [0.3, 0.4) is 0 Å². The highest BCUT2D eigenvalue weighted by Crippen LogP contribution is 2.16. The zero-order valence-electron chi connectivity index (χ0n) is 46.5. The number of unbranched alkanes of at least 4 members (excludes halogenated alkanes) is 34. The largest absolute Gasteiger partial charge is 0.462 e. The van der Waals surface area contributed by atoms with Crippen molar-refractivity contribution in [3.8, 4) is 0 Å². The fourth-order valence-electron chi connectivity index (χ4n) is 8.72. The number of carbonyl (C=O) groups is 3. The predicted molar refractivity (Wildman–Crippen MR) is 302 cm³/mol. The highest BCUT2D eigenvalue weighted by molar-refractivity contribution is 5.71. The van der Waals surface area contributed by atoms with Gasteiger partial charge in [0, 0.05) is 19.3 Å². The van der Waals surface area contributed by atoms with Crippen LogP contribution in [0.4, 0.5) is 0 Å². The molecule has 0 aromatic heterocycles. The maximum Gasteiger partial charge on any atom is 0.306 e. The van der Waals surface area contributed by atoms with Gasteiger partial charge in [0.05, 0.1) is 0 Å². The summed E-state index contributed by atoms with van der Waals surface area (Å²) in [5.74, 6) is -0.891. The molecule has 0 fully saturated rings. The summed E-state index contributed by atoms with van der Waals surface area (Å²) >= 11 is 0. The van der Waals surface area contributed by atoms with Gasteiger partial charge in [0.25, 0.3) is 0 Å². The first-order valence-corrected chi connectivity index (χ1v) is 30.3. The molecule has 0 amide bonds. The molecule has 0 heterocycles. The Hall–Kier alpha value is -2.89. The third-order valence-electron chi connectivity index (χ3n) is 13.3. The van der Waals surface area contributed by atoms with Crippen molar-refractivity contribution in [1.82, 2.24) is 0 Å². The van der Waals surface area contributed by atoms with Crippen LogP contribution >= 0.6 is 0 Å². The maximum atomic E-state index is 12.8. The third kappa shape index (κ3) is 56.0. The Morgan fingerprint density at radius 2 is 0.557 bits per heavy atom. The Bertz CT molecular complexity index is 1260. The Morgan fingerprint density at radius 1 is 0.300 bits per heavy atom. The summed E-state index contributed by atoms with van der Waals surface area (Å²) in [6.45, 7) is 6.48. The molecular formula is C64H114O6. The van der Waals surface area contributed by atoms with Crippen molar-refractivity contribution in [2.45, 2.75) is 316 Å². The monoisotopic (exact) mass is 979 g/mol. The molecule has 0 aliphatic carbocycles. The van der Waals surface area contributed by atoms with Crippen molar-refractivity contribution >= 4 is 17.9 Å². The van der Waals surface area contributed by atoms with Crippen LogP contribution in [0.1, 0.15) is 310 Å². The van der Waals surface area contributed by atoms with Crippen molar-refractivity contribution in [2.75, 3.05) is 13.2 Å². The molecule has 406 valence electrons. The first-order chi connectivity index (χ1) is 34.5. The van der Waals surface area contributed by atoms with Gasteiger partial charge in [-0.25, -0.2) is 0 Å². The number of rotatable bonds is 55. The summed E-state index contributed by atoms with van der Waals surface area (Å²) in [7, 11) is 0. The summed E-state index contributed by atoms with van der Waals surface area (Å²) < 4.78 is 16.8. The summed E-state index contributed by atoms with van der Waals surface area (Å²) in [6, 6.07) is 0. The van der Waals surface area contributed by atoms with Crippen molar-refractivity contribution in [3.63, 3.8) is 0 Å². The predicted octanol–water partition coefficient (Wildman–Crippen LogP) is 20.4. The van der Waals surface area contributed by atoms with Gasteiger partial charge in [-0.05, 0) is 83.5 Å². The van der Waals surface area contributed by atoms with Crippen LogP contribution in [0, 0.1) is 0 Å². The van der Waals surface area contributed by atoms with E-state index in [9.17, 15) is 14.4 Å². The molecule has 0 N–H and O–H groups in total. The average molecular weight is 980 g/mol. The molecule has 1 atom stereocenters. The van der Waals surface area contributed by atoms with E-state index in [1.807, 2.05) is 0 Å². The fourth-order valence-corrected chi connectivity index (χ4v) is 8.72. The summed E-state index contributed by atoms with van der Waals surface area (Å²) in [5, 5.41) is 0. The quantitative estimate of drug-likeness (QED) is 0.0261.